The molecule has 0 fully saturated rings. The molecule has 0 bridgehead atoms. The number of rotatable bonds is 1. The summed E-state index contributed by atoms with van der Waals surface area (Å²) in [7, 11) is 0. The molecule has 0 saturated carbocycles. The maximum Gasteiger partial charge on any atom is 0.321 e. The van der Waals surface area contributed by atoms with E-state index in [4.69, 9.17) is 5.11 Å². The SMILES string of the molecule is O=C(O)C1Cc2cc(O)c(O)cc2CN1.c1ccccc1. The number of benzene rings is 2. The molecule has 4 N–H and O–H groups in total. The molecule has 3 rings (SSSR count). The highest BCUT2D eigenvalue weighted by Crippen LogP contribution is 2.30. The van der Waals surface area contributed by atoms with Gasteiger partial charge in [-0.2, -0.15) is 0 Å². The molecule has 5 nitrogen and oxygen atoms in total. The van der Waals surface area contributed by atoms with E-state index >= 15 is 0 Å². The maximum absolute atomic E-state index is 10.7. The van der Waals surface area contributed by atoms with Crippen molar-refractivity contribution >= 4 is 5.97 Å². The third kappa shape index (κ3) is 3.97. The second kappa shape index (κ2) is 6.76. The molecule has 0 amide bonds. The third-order valence-electron chi connectivity index (χ3n) is 3.22. The van der Waals surface area contributed by atoms with Crippen molar-refractivity contribution in [3.05, 3.63) is 59.7 Å². The Balaban J connectivity index is 0.000000225. The largest absolute Gasteiger partial charge is 0.504 e. The highest BCUT2D eigenvalue weighted by Gasteiger charge is 2.24. The highest BCUT2D eigenvalue weighted by atomic mass is 16.4. The molecule has 21 heavy (non-hydrogen) atoms. The van der Waals surface area contributed by atoms with Gasteiger partial charge in [0, 0.05) is 6.54 Å². The number of nitrogens with one attached hydrogen (secondary N) is 1. The predicted molar refractivity (Wildman–Crippen MR) is 78.2 cm³/mol. The van der Waals surface area contributed by atoms with Gasteiger partial charge in [0.25, 0.3) is 0 Å². The summed E-state index contributed by atoms with van der Waals surface area (Å²) in [6, 6.07) is 14.2. The zero-order valence-corrected chi connectivity index (χ0v) is 11.4. The fourth-order valence-corrected chi connectivity index (χ4v) is 2.10. The van der Waals surface area contributed by atoms with E-state index < -0.39 is 12.0 Å². The molecular weight excluding hydrogens is 270 g/mol. The molecule has 1 heterocycles. The van der Waals surface area contributed by atoms with Crippen LogP contribution in [0.15, 0.2) is 48.5 Å². The van der Waals surface area contributed by atoms with Crippen molar-refractivity contribution < 1.29 is 20.1 Å². The molecule has 0 aliphatic carbocycles. The predicted octanol–water partition coefficient (Wildman–Crippen LogP) is 1.88. The van der Waals surface area contributed by atoms with Gasteiger partial charge in [0.1, 0.15) is 6.04 Å². The lowest BCUT2D eigenvalue weighted by atomic mass is 9.95. The Morgan fingerprint density at radius 1 is 0.952 bits per heavy atom. The Bertz CT molecular complexity index is 586. The molecule has 0 spiro atoms. The molecule has 0 aromatic heterocycles. The van der Waals surface area contributed by atoms with Gasteiger partial charge in [0.15, 0.2) is 11.5 Å². The van der Waals surface area contributed by atoms with Crippen LogP contribution in [-0.2, 0) is 17.8 Å². The molecule has 0 saturated heterocycles. The Morgan fingerprint density at radius 3 is 1.90 bits per heavy atom. The van der Waals surface area contributed by atoms with Crippen LogP contribution in [-0.4, -0.2) is 27.3 Å². The average Bonchev–Trinajstić information content (AvgIpc) is 2.50. The smallest absolute Gasteiger partial charge is 0.321 e. The van der Waals surface area contributed by atoms with Crippen LogP contribution >= 0.6 is 0 Å². The summed E-state index contributed by atoms with van der Waals surface area (Å²) >= 11 is 0. The molecule has 2 aromatic rings. The molecule has 1 atom stereocenters. The van der Waals surface area contributed by atoms with E-state index in [0.29, 0.717) is 13.0 Å². The first kappa shape index (κ1) is 14.9. The molecule has 2 aromatic carbocycles. The van der Waals surface area contributed by atoms with Gasteiger partial charge >= 0.3 is 5.97 Å². The van der Waals surface area contributed by atoms with E-state index in [9.17, 15) is 15.0 Å². The number of fused-ring (bicyclic) bond motifs is 1. The van der Waals surface area contributed by atoms with Gasteiger partial charge in [-0.1, -0.05) is 36.4 Å². The van der Waals surface area contributed by atoms with Gasteiger partial charge in [0.05, 0.1) is 0 Å². The molecular formula is C16H17NO4. The Labute approximate surface area is 122 Å². The van der Waals surface area contributed by atoms with Crippen LogP contribution in [0.4, 0.5) is 0 Å². The number of hydrogen-bond donors (Lipinski definition) is 4. The molecule has 1 aliphatic rings. The van der Waals surface area contributed by atoms with Gasteiger partial charge in [-0.25, -0.2) is 0 Å². The van der Waals surface area contributed by atoms with E-state index in [1.165, 1.54) is 12.1 Å². The molecule has 0 radical (unpaired) electrons. The number of carboxylic acid groups (broad SMARTS) is 1. The van der Waals surface area contributed by atoms with Crippen molar-refractivity contribution in [1.82, 2.24) is 5.32 Å². The van der Waals surface area contributed by atoms with Gasteiger partial charge < -0.3 is 20.6 Å². The first-order valence-corrected chi connectivity index (χ1v) is 6.58. The number of hydrogen-bond acceptors (Lipinski definition) is 4. The molecule has 1 unspecified atom stereocenters. The van der Waals surface area contributed by atoms with Gasteiger partial charge in [-0.3, -0.25) is 4.79 Å². The topological polar surface area (TPSA) is 89.8 Å². The number of aromatic hydroxyl groups is 2. The number of carbonyl (C=O) groups is 1. The molecule has 110 valence electrons. The first-order valence-electron chi connectivity index (χ1n) is 6.58. The summed E-state index contributed by atoms with van der Waals surface area (Å²) in [6.07, 6.45) is 0.318. The summed E-state index contributed by atoms with van der Waals surface area (Å²) in [4.78, 5) is 10.7. The van der Waals surface area contributed by atoms with Crippen molar-refractivity contribution in [2.75, 3.05) is 0 Å². The summed E-state index contributed by atoms with van der Waals surface area (Å²) in [5.74, 6) is -1.29. The minimum absolute atomic E-state index is 0.177. The maximum atomic E-state index is 10.7. The third-order valence-corrected chi connectivity index (χ3v) is 3.22. The van der Waals surface area contributed by atoms with E-state index in [1.807, 2.05) is 36.4 Å². The lowest BCUT2D eigenvalue weighted by Gasteiger charge is -2.23. The van der Waals surface area contributed by atoms with Crippen LogP contribution in [0.25, 0.3) is 0 Å². The second-order valence-corrected chi connectivity index (χ2v) is 4.74. The number of phenolic OH excluding ortho intramolecular Hbond substituents is 2. The fraction of sp³-hybridized carbons (Fsp3) is 0.188. The monoisotopic (exact) mass is 287 g/mol. The zero-order valence-electron chi connectivity index (χ0n) is 11.4. The van der Waals surface area contributed by atoms with E-state index in [0.717, 1.165) is 11.1 Å². The van der Waals surface area contributed by atoms with Crippen molar-refractivity contribution in [3.8, 4) is 11.5 Å². The highest BCUT2D eigenvalue weighted by molar-refractivity contribution is 5.74. The number of carboxylic acids is 1. The minimum atomic E-state index is -0.909. The van der Waals surface area contributed by atoms with Crippen LogP contribution in [0.5, 0.6) is 11.5 Å². The fourth-order valence-electron chi connectivity index (χ4n) is 2.10. The van der Waals surface area contributed by atoms with Crippen LogP contribution in [0.1, 0.15) is 11.1 Å². The summed E-state index contributed by atoms with van der Waals surface area (Å²) in [5, 5.41) is 30.2. The summed E-state index contributed by atoms with van der Waals surface area (Å²) < 4.78 is 0. The van der Waals surface area contributed by atoms with Crippen LogP contribution in [0.3, 0.4) is 0 Å². The second-order valence-electron chi connectivity index (χ2n) is 4.74. The van der Waals surface area contributed by atoms with Crippen molar-refractivity contribution in [2.45, 2.75) is 19.0 Å². The normalized spacial score (nSPS) is 16.3. The standard InChI is InChI=1S/C10H11NO4.C6H6/c12-8-2-5-1-7(10(14)15)11-4-6(5)3-9(8)13;1-2-4-6-5-3-1/h2-3,7,11-13H,1,4H2,(H,14,15);1-6H. The van der Waals surface area contributed by atoms with Crippen LogP contribution < -0.4 is 5.32 Å². The van der Waals surface area contributed by atoms with Gasteiger partial charge in [-0.15, -0.1) is 0 Å². The summed E-state index contributed by atoms with van der Waals surface area (Å²) in [5.41, 5.74) is 1.58. The van der Waals surface area contributed by atoms with Gasteiger partial charge in [-0.05, 0) is 29.7 Å². The Hall–Kier alpha value is -2.53. The average molecular weight is 287 g/mol. The van der Waals surface area contributed by atoms with E-state index in [-0.39, 0.29) is 11.5 Å². The van der Waals surface area contributed by atoms with Crippen LogP contribution in [0, 0.1) is 0 Å². The van der Waals surface area contributed by atoms with E-state index in [2.05, 4.69) is 5.32 Å². The number of phenols is 2. The van der Waals surface area contributed by atoms with E-state index in [1.54, 1.807) is 0 Å². The van der Waals surface area contributed by atoms with Crippen molar-refractivity contribution in [3.63, 3.8) is 0 Å². The Morgan fingerprint density at radius 2 is 1.43 bits per heavy atom. The molecule has 5 heteroatoms. The lowest BCUT2D eigenvalue weighted by Crippen LogP contribution is -2.41. The minimum Gasteiger partial charge on any atom is -0.504 e. The van der Waals surface area contributed by atoms with Crippen molar-refractivity contribution in [2.24, 2.45) is 0 Å². The summed E-state index contributed by atoms with van der Waals surface area (Å²) in [6.45, 7) is 0.389. The lowest BCUT2D eigenvalue weighted by molar-refractivity contribution is -0.139. The zero-order chi connectivity index (χ0) is 15.2. The van der Waals surface area contributed by atoms with Crippen molar-refractivity contribution in [1.29, 1.82) is 0 Å². The molecule has 1 aliphatic heterocycles. The number of aliphatic carboxylic acids is 1. The van der Waals surface area contributed by atoms with Crippen LogP contribution in [0.2, 0.25) is 0 Å². The first-order chi connectivity index (χ1) is 10.1. The quantitative estimate of drug-likeness (QED) is 0.601. The van der Waals surface area contributed by atoms with Gasteiger partial charge in [0.2, 0.25) is 0 Å². The Kier molecular flexibility index (Phi) is 4.79.